The first-order valence-electron chi connectivity index (χ1n) is 10.2. The summed E-state index contributed by atoms with van der Waals surface area (Å²) in [6.07, 6.45) is 6.27. The summed E-state index contributed by atoms with van der Waals surface area (Å²) in [6.45, 7) is 4.61. The summed E-state index contributed by atoms with van der Waals surface area (Å²) in [7, 11) is -3.49. The number of carbonyl (C=O) groups excluding carboxylic acids is 1. The number of rotatable bonds is 6. The maximum atomic E-state index is 12.8. The minimum Gasteiger partial charge on any atom is -0.354 e. The topological polar surface area (TPSA) is 69.7 Å². The van der Waals surface area contributed by atoms with Crippen LogP contribution in [0.25, 0.3) is 0 Å². The predicted octanol–water partition coefficient (Wildman–Crippen LogP) is 2.84. The Morgan fingerprint density at radius 1 is 1.11 bits per heavy atom. The molecule has 1 aromatic rings. The molecular formula is C20H30BrN3O3S. The lowest BCUT2D eigenvalue weighted by atomic mass is 9.89. The molecule has 0 spiro atoms. The van der Waals surface area contributed by atoms with Crippen LogP contribution in [0, 0.1) is 5.92 Å². The van der Waals surface area contributed by atoms with E-state index in [1.165, 1.54) is 36.4 Å². The summed E-state index contributed by atoms with van der Waals surface area (Å²) in [5.74, 6) is 0.660. The standard InChI is InChI=1S/C20H30BrN3O3S/c1-16(20(25)22-15-17-5-3-2-4-6-17)23-11-13-24(14-12-23)28(26,27)19-9-7-18(21)8-10-19/h7-10,16-17H,2-6,11-15H2,1H3,(H,22,25). The average Bonchev–Trinajstić information content (AvgIpc) is 2.72. The molecule has 1 saturated heterocycles. The van der Waals surface area contributed by atoms with Crippen molar-refractivity contribution < 1.29 is 13.2 Å². The SMILES string of the molecule is CC(C(=O)NCC1CCCCC1)N1CCN(S(=O)(=O)c2ccc(Br)cc2)CC1. The van der Waals surface area contributed by atoms with Crippen molar-refractivity contribution in [2.45, 2.75) is 50.0 Å². The summed E-state index contributed by atoms with van der Waals surface area (Å²) >= 11 is 3.33. The van der Waals surface area contributed by atoms with Gasteiger partial charge in [-0.25, -0.2) is 8.42 Å². The van der Waals surface area contributed by atoms with Crippen molar-refractivity contribution in [1.82, 2.24) is 14.5 Å². The summed E-state index contributed by atoms with van der Waals surface area (Å²) < 4.78 is 28.0. The number of hydrogen-bond acceptors (Lipinski definition) is 4. The van der Waals surface area contributed by atoms with Gasteiger partial charge in [-0.15, -0.1) is 0 Å². The van der Waals surface area contributed by atoms with Gasteiger partial charge in [-0.05, 0) is 49.9 Å². The van der Waals surface area contributed by atoms with Crippen molar-refractivity contribution in [2.75, 3.05) is 32.7 Å². The van der Waals surface area contributed by atoms with Gasteiger partial charge in [0.15, 0.2) is 0 Å². The van der Waals surface area contributed by atoms with E-state index in [4.69, 9.17) is 0 Å². The minimum absolute atomic E-state index is 0.0507. The molecular weight excluding hydrogens is 442 g/mol. The van der Waals surface area contributed by atoms with Crippen molar-refractivity contribution in [3.05, 3.63) is 28.7 Å². The van der Waals surface area contributed by atoms with Crippen molar-refractivity contribution in [2.24, 2.45) is 5.92 Å². The van der Waals surface area contributed by atoms with E-state index in [2.05, 4.69) is 26.1 Å². The first kappa shape index (κ1) is 21.7. The lowest BCUT2D eigenvalue weighted by Crippen LogP contribution is -2.55. The molecule has 1 heterocycles. The normalized spacial score (nSPS) is 21.4. The van der Waals surface area contributed by atoms with E-state index < -0.39 is 10.0 Å². The number of nitrogens with zero attached hydrogens (tertiary/aromatic N) is 2. The Hall–Kier alpha value is -0.960. The molecule has 156 valence electrons. The van der Waals surface area contributed by atoms with Gasteiger partial charge in [0.05, 0.1) is 10.9 Å². The molecule has 2 fully saturated rings. The number of sulfonamides is 1. The maximum Gasteiger partial charge on any atom is 0.243 e. The van der Waals surface area contributed by atoms with Crippen molar-refractivity contribution in [1.29, 1.82) is 0 Å². The predicted molar refractivity (Wildman–Crippen MR) is 114 cm³/mol. The Balaban J connectivity index is 1.49. The highest BCUT2D eigenvalue weighted by molar-refractivity contribution is 9.10. The second kappa shape index (κ2) is 9.69. The number of halogens is 1. The van der Waals surface area contributed by atoms with Gasteiger partial charge in [0.2, 0.25) is 15.9 Å². The van der Waals surface area contributed by atoms with Gasteiger partial charge in [-0.1, -0.05) is 35.2 Å². The smallest absolute Gasteiger partial charge is 0.243 e. The molecule has 1 aliphatic heterocycles. The van der Waals surface area contributed by atoms with Gasteiger partial charge >= 0.3 is 0 Å². The molecule has 0 aromatic heterocycles. The molecule has 1 N–H and O–H groups in total. The van der Waals surface area contributed by atoms with Crippen molar-refractivity contribution in [3.63, 3.8) is 0 Å². The van der Waals surface area contributed by atoms with Crippen LogP contribution in [0.15, 0.2) is 33.6 Å². The third-order valence-corrected chi connectivity index (χ3v) is 8.38. The largest absolute Gasteiger partial charge is 0.354 e. The van der Waals surface area contributed by atoms with E-state index in [0.29, 0.717) is 37.0 Å². The Labute approximate surface area is 176 Å². The highest BCUT2D eigenvalue weighted by atomic mass is 79.9. The van der Waals surface area contributed by atoms with E-state index in [1.807, 2.05) is 6.92 Å². The van der Waals surface area contributed by atoms with Crippen LogP contribution in [0.3, 0.4) is 0 Å². The number of hydrogen-bond donors (Lipinski definition) is 1. The zero-order valence-corrected chi connectivity index (χ0v) is 18.8. The fraction of sp³-hybridized carbons (Fsp3) is 0.650. The molecule has 1 unspecified atom stereocenters. The summed E-state index contributed by atoms with van der Waals surface area (Å²) in [5.41, 5.74) is 0. The number of nitrogens with one attached hydrogen (secondary N) is 1. The van der Waals surface area contributed by atoms with E-state index >= 15 is 0 Å². The third-order valence-electron chi connectivity index (χ3n) is 5.94. The summed E-state index contributed by atoms with van der Waals surface area (Å²) in [5, 5.41) is 3.11. The molecule has 3 rings (SSSR count). The quantitative estimate of drug-likeness (QED) is 0.692. The summed E-state index contributed by atoms with van der Waals surface area (Å²) in [4.78, 5) is 14.9. The molecule has 28 heavy (non-hydrogen) atoms. The molecule has 8 heteroatoms. The maximum absolute atomic E-state index is 12.8. The van der Waals surface area contributed by atoms with E-state index in [9.17, 15) is 13.2 Å². The number of benzene rings is 1. The van der Waals surface area contributed by atoms with Crippen molar-refractivity contribution >= 4 is 31.9 Å². The lowest BCUT2D eigenvalue weighted by molar-refractivity contribution is -0.126. The first-order valence-corrected chi connectivity index (χ1v) is 12.4. The lowest BCUT2D eigenvalue weighted by Gasteiger charge is -2.37. The molecule has 1 saturated carbocycles. The number of carbonyl (C=O) groups is 1. The Kier molecular flexibility index (Phi) is 7.53. The van der Waals surface area contributed by atoms with E-state index in [1.54, 1.807) is 24.3 Å². The first-order chi connectivity index (χ1) is 13.4. The molecule has 2 aliphatic rings. The molecule has 1 aliphatic carbocycles. The average molecular weight is 472 g/mol. The van der Waals surface area contributed by atoms with Gasteiger partial charge in [-0.3, -0.25) is 9.69 Å². The van der Waals surface area contributed by atoms with Gasteiger partial charge in [0, 0.05) is 37.2 Å². The minimum atomic E-state index is -3.49. The van der Waals surface area contributed by atoms with Crippen LogP contribution >= 0.6 is 15.9 Å². The second-order valence-corrected chi connectivity index (χ2v) is 10.7. The van der Waals surface area contributed by atoms with E-state index in [-0.39, 0.29) is 11.9 Å². The van der Waals surface area contributed by atoms with Crippen LogP contribution in [-0.2, 0) is 14.8 Å². The fourth-order valence-corrected chi connectivity index (χ4v) is 5.72. The van der Waals surface area contributed by atoms with Gasteiger partial charge in [0.1, 0.15) is 0 Å². The van der Waals surface area contributed by atoms with Crippen LogP contribution < -0.4 is 5.32 Å². The van der Waals surface area contributed by atoms with Crippen LogP contribution in [-0.4, -0.2) is 62.3 Å². The van der Waals surface area contributed by atoms with Crippen LogP contribution in [0.5, 0.6) is 0 Å². The van der Waals surface area contributed by atoms with Gasteiger partial charge in [-0.2, -0.15) is 4.31 Å². The van der Waals surface area contributed by atoms with E-state index in [0.717, 1.165) is 11.0 Å². The van der Waals surface area contributed by atoms with Crippen LogP contribution in [0.4, 0.5) is 0 Å². The summed E-state index contributed by atoms with van der Waals surface area (Å²) in [6, 6.07) is 6.48. The Bertz CT molecular complexity index is 755. The number of piperazine rings is 1. The zero-order chi connectivity index (χ0) is 20.1. The van der Waals surface area contributed by atoms with Gasteiger partial charge in [0.25, 0.3) is 0 Å². The highest BCUT2D eigenvalue weighted by Crippen LogP contribution is 2.23. The number of amides is 1. The Morgan fingerprint density at radius 2 is 1.71 bits per heavy atom. The Morgan fingerprint density at radius 3 is 2.32 bits per heavy atom. The third kappa shape index (κ3) is 5.34. The molecule has 0 radical (unpaired) electrons. The van der Waals surface area contributed by atoms with Gasteiger partial charge < -0.3 is 5.32 Å². The highest BCUT2D eigenvalue weighted by Gasteiger charge is 2.31. The monoisotopic (exact) mass is 471 g/mol. The molecule has 1 aromatic carbocycles. The van der Waals surface area contributed by atoms with Crippen LogP contribution in [0.2, 0.25) is 0 Å². The molecule has 0 bridgehead atoms. The molecule has 1 amide bonds. The molecule has 1 atom stereocenters. The second-order valence-electron chi connectivity index (χ2n) is 7.82. The van der Waals surface area contributed by atoms with Crippen molar-refractivity contribution in [3.8, 4) is 0 Å². The molecule has 6 nitrogen and oxygen atoms in total. The van der Waals surface area contributed by atoms with Crippen LogP contribution in [0.1, 0.15) is 39.0 Å². The zero-order valence-electron chi connectivity index (χ0n) is 16.4. The fourth-order valence-electron chi connectivity index (χ4n) is 4.04.